The van der Waals surface area contributed by atoms with Crippen LogP contribution in [0.3, 0.4) is 0 Å². The van der Waals surface area contributed by atoms with E-state index in [4.69, 9.17) is 16.7 Å². The molecule has 2 heterocycles. The van der Waals surface area contributed by atoms with Crippen molar-refractivity contribution in [3.63, 3.8) is 0 Å². The lowest BCUT2D eigenvalue weighted by molar-refractivity contribution is -0.139. The maximum Gasteiger partial charge on any atom is 0.326 e. The molecule has 16 heavy (non-hydrogen) atoms. The van der Waals surface area contributed by atoms with Crippen LogP contribution in [-0.2, 0) is 4.79 Å². The molecule has 1 saturated heterocycles. The van der Waals surface area contributed by atoms with Crippen LogP contribution in [0.4, 0.5) is 5.82 Å². The van der Waals surface area contributed by atoms with Crippen molar-refractivity contribution in [2.24, 2.45) is 0 Å². The maximum absolute atomic E-state index is 11.1. The van der Waals surface area contributed by atoms with Crippen molar-refractivity contribution in [1.82, 2.24) is 9.97 Å². The van der Waals surface area contributed by atoms with Gasteiger partial charge in [-0.2, -0.15) is 0 Å². The number of carboxylic acids is 1. The Balaban J connectivity index is 2.26. The molecule has 0 aromatic carbocycles. The van der Waals surface area contributed by atoms with Crippen molar-refractivity contribution in [1.29, 1.82) is 0 Å². The fourth-order valence-electron chi connectivity index (χ4n) is 1.95. The molecule has 0 spiro atoms. The summed E-state index contributed by atoms with van der Waals surface area (Å²) in [5, 5.41) is 9.27. The van der Waals surface area contributed by atoms with Gasteiger partial charge in [-0.25, -0.2) is 14.8 Å². The molecule has 0 bridgehead atoms. The molecule has 6 heteroatoms. The van der Waals surface area contributed by atoms with Crippen molar-refractivity contribution in [2.75, 3.05) is 11.4 Å². The minimum Gasteiger partial charge on any atom is -0.480 e. The highest BCUT2D eigenvalue weighted by Crippen LogP contribution is 2.23. The average molecular weight is 242 g/mol. The first-order valence-corrected chi connectivity index (χ1v) is 5.54. The summed E-state index contributed by atoms with van der Waals surface area (Å²) in [5.74, 6) is -0.221. The second-order valence-corrected chi connectivity index (χ2v) is 4.07. The average Bonchev–Trinajstić information content (AvgIpc) is 2.29. The predicted octanol–water partition coefficient (Wildman–Crippen LogP) is 1.57. The molecule has 1 aliphatic rings. The molecule has 1 atom stereocenters. The van der Waals surface area contributed by atoms with E-state index in [1.807, 2.05) is 0 Å². The summed E-state index contributed by atoms with van der Waals surface area (Å²) in [4.78, 5) is 20.7. The van der Waals surface area contributed by atoms with E-state index in [0.717, 1.165) is 12.8 Å². The SMILES string of the molecule is O=C(O)C1CCCCN1c1ccnc(Cl)n1. The van der Waals surface area contributed by atoms with Gasteiger partial charge in [0.15, 0.2) is 0 Å². The second kappa shape index (κ2) is 4.65. The van der Waals surface area contributed by atoms with Gasteiger partial charge in [-0.1, -0.05) is 0 Å². The molecule has 0 aliphatic carbocycles. The summed E-state index contributed by atoms with van der Waals surface area (Å²) in [6.45, 7) is 0.699. The van der Waals surface area contributed by atoms with Crippen LogP contribution < -0.4 is 4.90 Å². The number of aromatic nitrogens is 2. The van der Waals surface area contributed by atoms with Crippen LogP contribution in [0.25, 0.3) is 0 Å². The Morgan fingerprint density at radius 1 is 1.56 bits per heavy atom. The molecular weight excluding hydrogens is 230 g/mol. The number of carbonyl (C=O) groups is 1. The van der Waals surface area contributed by atoms with Crippen molar-refractivity contribution in [2.45, 2.75) is 25.3 Å². The lowest BCUT2D eigenvalue weighted by Crippen LogP contribution is -2.45. The Hall–Kier alpha value is -1.36. The first-order chi connectivity index (χ1) is 7.68. The third-order valence-electron chi connectivity index (χ3n) is 2.69. The fourth-order valence-corrected chi connectivity index (χ4v) is 2.09. The highest BCUT2D eigenvalue weighted by atomic mass is 35.5. The van der Waals surface area contributed by atoms with Crippen LogP contribution in [0.2, 0.25) is 5.28 Å². The van der Waals surface area contributed by atoms with Crippen LogP contribution in [0.1, 0.15) is 19.3 Å². The Labute approximate surface area is 98.1 Å². The summed E-state index contributed by atoms with van der Waals surface area (Å²) in [6, 6.07) is 1.19. The molecule has 0 saturated carbocycles. The first-order valence-electron chi connectivity index (χ1n) is 5.16. The zero-order valence-corrected chi connectivity index (χ0v) is 9.39. The summed E-state index contributed by atoms with van der Waals surface area (Å²) in [6.07, 6.45) is 4.10. The molecule has 1 N–H and O–H groups in total. The highest BCUT2D eigenvalue weighted by molar-refractivity contribution is 6.28. The summed E-state index contributed by atoms with van der Waals surface area (Å²) < 4.78 is 0. The minimum atomic E-state index is -0.811. The number of anilines is 1. The molecular formula is C10H12ClN3O2. The van der Waals surface area contributed by atoms with Crippen molar-refractivity contribution in [3.05, 3.63) is 17.5 Å². The van der Waals surface area contributed by atoms with Gasteiger partial charge in [-0.15, -0.1) is 0 Å². The summed E-state index contributed by atoms with van der Waals surface area (Å²) >= 11 is 5.70. The van der Waals surface area contributed by atoms with E-state index in [0.29, 0.717) is 18.8 Å². The van der Waals surface area contributed by atoms with Gasteiger partial charge in [0.05, 0.1) is 0 Å². The van der Waals surface area contributed by atoms with Crippen molar-refractivity contribution >= 4 is 23.4 Å². The van der Waals surface area contributed by atoms with Crippen LogP contribution in [0.5, 0.6) is 0 Å². The Morgan fingerprint density at radius 2 is 2.38 bits per heavy atom. The molecule has 1 aromatic rings. The van der Waals surface area contributed by atoms with Gasteiger partial charge >= 0.3 is 5.97 Å². The van der Waals surface area contributed by atoms with E-state index in [-0.39, 0.29) is 5.28 Å². The van der Waals surface area contributed by atoms with Gasteiger partial charge in [0, 0.05) is 12.7 Å². The van der Waals surface area contributed by atoms with Crippen LogP contribution >= 0.6 is 11.6 Å². The quantitative estimate of drug-likeness (QED) is 0.797. The number of piperidine rings is 1. The van der Waals surface area contributed by atoms with E-state index in [1.54, 1.807) is 11.0 Å². The summed E-state index contributed by atoms with van der Waals surface area (Å²) in [7, 11) is 0. The molecule has 86 valence electrons. The third kappa shape index (κ3) is 2.24. The molecule has 1 fully saturated rings. The molecule has 0 radical (unpaired) electrons. The van der Waals surface area contributed by atoms with Crippen LogP contribution in [-0.4, -0.2) is 33.6 Å². The molecule has 5 nitrogen and oxygen atoms in total. The topological polar surface area (TPSA) is 66.3 Å². The number of aliphatic carboxylic acids is 1. The van der Waals surface area contributed by atoms with Crippen molar-refractivity contribution in [3.8, 4) is 0 Å². The van der Waals surface area contributed by atoms with E-state index in [9.17, 15) is 4.79 Å². The normalized spacial score (nSPS) is 20.8. The van der Waals surface area contributed by atoms with Gasteiger partial charge in [-0.3, -0.25) is 0 Å². The Kier molecular flexibility index (Phi) is 3.24. The zero-order valence-electron chi connectivity index (χ0n) is 8.64. The van der Waals surface area contributed by atoms with Gasteiger partial charge in [0.1, 0.15) is 11.9 Å². The molecule has 2 rings (SSSR count). The van der Waals surface area contributed by atoms with Gasteiger partial charge in [0.2, 0.25) is 5.28 Å². The smallest absolute Gasteiger partial charge is 0.326 e. The van der Waals surface area contributed by atoms with Gasteiger partial charge in [0.25, 0.3) is 0 Å². The zero-order chi connectivity index (χ0) is 11.5. The Morgan fingerprint density at radius 3 is 3.06 bits per heavy atom. The molecule has 0 amide bonds. The van der Waals surface area contributed by atoms with Gasteiger partial charge < -0.3 is 10.0 Å². The van der Waals surface area contributed by atoms with E-state index in [1.165, 1.54) is 6.20 Å². The number of nitrogens with zero attached hydrogens (tertiary/aromatic N) is 3. The maximum atomic E-state index is 11.1. The standard InChI is InChI=1S/C10H12ClN3O2/c11-10-12-5-4-8(13-10)14-6-2-1-3-7(14)9(15)16/h4-5,7H,1-3,6H2,(H,15,16). The second-order valence-electron chi connectivity index (χ2n) is 3.73. The van der Waals surface area contributed by atoms with E-state index >= 15 is 0 Å². The van der Waals surface area contributed by atoms with E-state index < -0.39 is 12.0 Å². The molecule has 1 aromatic heterocycles. The highest BCUT2D eigenvalue weighted by Gasteiger charge is 2.29. The number of halogens is 1. The van der Waals surface area contributed by atoms with Crippen molar-refractivity contribution < 1.29 is 9.90 Å². The third-order valence-corrected chi connectivity index (χ3v) is 2.88. The predicted molar refractivity (Wildman–Crippen MR) is 59.7 cm³/mol. The largest absolute Gasteiger partial charge is 0.480 e. The van der Waals surface area contributed by atoms with Gasteiger partial charge in [-0.05, 0) is 36.9 Å². The fraction of sp³-hybridized carbons (Fsp3) is 0.500. The number of rotatable bonds is 2. The number of carboxylic acid groups (broad SMARTS) is 1. The first kappa shape index (κ1) is 11.1. The molecule has 1 aliphatic heterocycles. The Bertz CT molecular complexity index is 399. The lowest BCUT2D eigenvalue weighted by atomic mass is 10.0. The molecule has 1 unspecified atom stereocenters. The van der Waals surface area contributed by atoms with Crippen LogP contribution in [0.15, 0.2) is 12.3 Å². The van der Waals surface area contributed by atoms with E-state index in [2.05, 4.69) is 9.97 Å². The number of hydrogen-bond acceptors (Lipinski definition) is 4. The monoisotopic (exact) mass is 241 g/mol. The minimum absolute atomic E-state index is 0.146. The lowest BCUT2D eigenvalue weighted by Gasteiger charge is -2.33. The summed E-state index contributed by atoms with van der Waals surface area (Å²) in [5.41, 5.74) is 0. The van der Waals surface area contributed by atoms with Crippen LogP contribution in [0, 0.1) is 0 Å². The number of hydrogen-bond donors (Lipinski definition) is 1.